The average molecular weight is 209 g/mol. The third-order valence-corrected chi connectivity index (χ3v) is 3.80. The van der Waals surface area contributed by atoms with Crippen molar-refractivity contribution in [2.24, 2.45) is 5.41 Å². The maximum atomic E-state index is 11.3. The van der Waals surface area contributed by atoms with Crippen LogP contribution in [0.2, 0.25) is 0 Å². The van der Waals surface area contributed by atoms with Crippen LogP contribution in [0.1, 0.15) is 30.6 Å². The van der Waals surface area contributed by atoms with Crippen LogP contribution >= 0.6 is 0 Å². The SMILES string of the molecule is O=C(O)C1(O)c2cnoc2CCC12CC2. The molecule has 2 aliphatic rings. The second-order valence-corrected chi connectivity index (χ2v) is 4.46. The molecule has 80 valence electrons. The minimum Gasteiger partial charge on any atom is -0.479 e. The molecule has 1 atom stereocenters. The van der Waals surface area contributed by atoms with Crippen LogP contribution in [0.25, 0.3) is 0 Å². The Morgan fingerprint density at radius 2 is 2.20 bits per heavy atom. The summed E-state index contributed by atoms with van der Waals surface area (Å²) >= 11 is 0. The highest BCUT2D eigenvalue weighted by molar-refractivity contribution is 5.81. The fourth-order valence-electron chi connectivity index (χ4n) is 2.66. The van der Waals surface area contributed by atoms with Crippen molar-refractivity contribution in [1.82, 2.24) is 5.16 Å². The predicted molar refractivity (Wildman–Crippen MR) is 48.0 cm³/mol. The largest absolute Gasteiger partial charge is 0.479 e. The van der Waals surface area contributed by atoms with Gasteiger partial charge in [0.15, 0.2) is 5.60 Å². The number of carboxylic acids is 1. The van der Waals surface area contributed by atoms with Crippen molar-refractivity contribution in [1.29, 1.82) is 0 Å². The summed E-state index contributed by atoms with van der Waals surface area (Å²) in [5.74, 6) is -0.679. The number of hydrogen-bond donors (Lipinski definition) is 2. The van der Waals surface area contributed by atoms with Crippen molar-refractivity contribution in [3.05, 3.63) is 17.5 Å². The minimum atomic E-state index is -1.79. The molecule has 2 N–H and O–H groups in total. The van der Waals surface area contributed by atoms with Gasteiger partial charge in [0.2, 0.25) is 0 Å². The fourth-order valence-corrected chi connectivity index (χ4v) is 2.66. The number of rotatable bonds is 1. The molecule has 1 spiro atoms. The predicted octanol–water partition coefficient (Wildman–Crippen LogP) is 0.673. The Kier molecular flexibility index (Phi) is 1.43. The zero-order chi connectivity index (χ0) is 10.7. The molecule has 0 aliphatic heterocycles. The van der Waals surface area contributed by atoms with Gasteiger partial charge in [-0.15, -0.1) is 0 Å². The number of fused-ring (bicyclic) bond motifs is 1. The summed E-state index contributed by atoms with van der Waals surface area (Å²) in [5.41, 5.74) is -1.92. The lowest BCUT2D eigenvalue weighted by Gasteiger charge is -2.35. The van der Waals surface area contributed by atoms with E-state index in [1.54, 1.807) is 0 Å². The number of carboxylic acid groups (broad SMARTS) is 1. The molecule has 5 nitrogen and oxygen atoms in total. The molecule has 15 heavy (non-hydrogen) atoms. The monoisotopic (exact) mass is 209 g/mol. The topological polar surface area (TPSA) is 83.6 Å². The van der Waals surface area contributed by atoms with E-state index in [2.05, 4.69) is 5.16 Å². The molecule has 2 aliphatic carbocycles. The molecule has 1 fully saturated rings. The molecule has 0 amide bonds. The molecule has 0 radical (unpaired) electrons. The molecule has 1 aromatic heterocycles. The molecule has 1 aromatic rings. The summed E-state index contributed by atoms with van der Waals surface area (Å²) < 4.78 is 4.95. The van der Waals surface area contributed by atoms with E-state index in [9.17, 15) is 15.0 Å². The van der Waals surface area contributed by atoms with Crippen LogP contribution in [-0.4, -0.2) is 21.3 Å². The van der Waals surface area contributed by atoms with Gasteiger partial charge in [-0.3, -0.25) is 0 Å². The van der Waals surface area contributed by atoms with Crippen LogP contribution in [-0.2, 0) is 16.8 Å². The van der Waals surface area contributed by atoms with Crippen LogP contribution < -0.4 is 0 Å². The first kappa shape index (κ1) is 8.91. The van der Waals surface area contributed by atoms with E-state index in [1.807, 2.05) is 0 Å². The van der Waals surface area contributed by atoms with Gasteiger partial charge in [-0.05, 0) is 19.3 Å². The molecule has 1 unspecified atom stereocenters. The highest BCUT2D eigenvalue weighted by Crippen LogP contribution is 2.63. The Morgan fingerprint density at radius 3 is 2.80 bits per heavy atom. The molecule has 1 heterocycles. The summed E-state index contributed by atoms with van der Waals surface area (Å²) in [6, 6.07) is 0. The van der Waals surface area contributed by atoms with Crippen LogP contribution in [0, 0.1) is 5.41 Å². The molecule has 0 aromatic carbocycles. The Labute approximate surface area is 85.7 Å². The summed E-state index contributed by atoms with van der Waals surface area (Å²) in [4.78, 5) is 11.3. The lowest BCUT2D eigenvalue weighted by Crippen LogP contribution is -2.47. The molecule has 1 saturated carbocycles. The van der Waals surface area contributed by atoms with Gasteiger partial charge < -0.3 is 14.7 Å². The van der Waals surface area contributed by atoms with E-state index in [0.717, 1.165) is 12.8 Å². The van der Waals surface area contributed by atoms with Gasteiger partial charge in [-0.2, -0.15) is 0 Å². The van der Waals surface area contributed by atoms with Gasteiger partial charge in [0.25, 0.3) is 0 Å². The van der Waals surface area contributed by atoms with Crippen molar-refractivity contribution in [2.45, 2.75) is 31.3 Å². The first-order chi connectivity index (χ1) is 7.10. The highest BCUT2D eigenvalue weighted by Gasteiger charge is 2.66. The number of aryl methyl sites for hydroxylation is 1. The molecule has 0 saturated heterocycles. The lowest BCUT2D eigenvalue weighted by molar-refractivity contribution is -0.171. The zero-order valence-corrected chi connectivity index (χ0v) is 8.06. The van der Waals surface area contributed by atoms with Crippen LogP contribution in [0.15, 0.2) is 10.7 Å². The minimum absolute atomic E-state index is 0.346. The quantitative estimate of drug-likeness (QED) is 0.710. The molecular formula is C10H11NO4. The second kappa shape index (κ2) is 2.41. The maximum absolute atomic E-state index is 11.3. The summed E-state index contributed by atoms with van der Waals surface area (Å²) in [6.07, 6.45) is 4.20. The molecular weight excluding hydrogens is 198 g/mol. The van der Waals surface area contributed by atoms with E-state index < -0.39 is 17.0 Å². The van der Waals surface area contributed by atoms with E-state index in [-0.39, 0.29) is 0 Å². The van der Waals surface area contributed by atoms with Gasteiger partial charge in [0, 0.05) is 11.8 Å². The van der Waals surface area contributed by atoms with Crippen molar-refractivity contribution in [2.75, 3.05) is 0 Å². The summed E-state index contributed by atoms with van der Waals surface area (Å²) in [5, 5.41) is 23.2. The van der Waals surface area contributed by atoms with Gasteiger partial charge in [0.1, 0.15) is 5.76 Å². The van der Waals surface area contributed by atoms with Crippen molar-refractivity contribution < 1.29 is 19.5 Å². The number of aliphatic carboxylic acids is 1. The van der Waals surface area contributed by atoms with Gasteiger partial charge in [0.05, 0.1) is 11.8 Å². The Balaban J connectivity index is 2.21. The van der Waals surface area contributed by atoms with Crippen LogP contribution in [0.3, 0.4) is 0 Å². The zero-order valence-electron chi connectivity index (χ0n) is 8.06. The van der Waals surface area contributed by atoms with E-state index in [4.69, 9.17) is 4.52 Å². The maximum Gasteiger partial charge on any atom is 0.341 e. The summed E-state index contributed by atoms with van der Waals surface area (Å²) in [6.45, 7) is 0. The number of carbonyl (C=O) groups is 1. The molecule has 5 heteroatoms. The van der Waals surface area contributed by atoms with Crippen molar-refractivity contribution >= 4 is 5.97 Å². The Morgan fingerprint density at radius 1 is 1.47 bits per heavy atom. The normalized spacial score (nSPS) is 31.3. The van der Waals surface area contributed by atoms with E-state index in [0.29, 0.717) is 24.2 Å². The van der Waals surface area contributed by atoms with Crippen LogP contribution in [0.4, 0.5) is 0 Å². The van der Waals surface area contributed by atoms with Crippen LogP contribution in [0.5, 0.6) is 0 Å². The fraction of sp³-hybridized carbons (Fsp3) is 0.600. The summed E-state index contributed by atoms with van der Waals surface area (Å²) in [7, 11) is 0. The smallest absolute Gasteiger partial charge is 0.341 e. The standard InChI is InChI=1S/C10H11NO4/c12-8(13)10(14)6-5-11-15-7(6)1-2-9(10)3-4-9/h5,14H,1-4H2,(H,12,13). The highest BCUT2D eigenvalue weighted by atomic mass is 16.5. The first-order valence-electron chi connectivity index (χ1n) is 5.00. The van der Waals surface area contributed by atoms with Crippen molar-refractivity contribution in [3.63, 3.8) is 0 Å². The number of aliphatic hydroxyl groups is 1. The average Bonchev–Trinajstić information content (AvgIpc) is 2.82. The third kappa shape index (κ3) is 0.866. The lowest BCUT2D eigenvalue weighted by atomic mass is 9.71. The number of hydrogen-bond acceptors (Lipinski definition) is 4. The number of nitrogens with zero attached hydrogens (tertiary/aromatic N) is 1. The molecule has 0 bridgehead atoms. The number of aromatic nitrogens is 1. The Hall–Kier alpha value is -1.36. The third-order valence-electron chi connectivity index (χ3n) is 3.80. The van der Waals surface area contributed by atoms with E-state index >= 15 is 0 Å². The van der Waals surface area contributed by atoms with Gasteiger partial charge in [-0.25, -0.2) is 4.79 Å². The second-order valence-electron chi connectivity index (χ2n) is 4.46. The van der Waals surface area contributed by atoms with Gasteiger partial charge in [-0.1, -0.05) is 5.16 Å². The molecule has 3 rings (SSSR count). The first-order valence-corrected chi connectivity index (χ1v) is 5.00. The Bertz CT molecular complexity index is 434. The van der Waals surface area contributed by atoms with E-state index in [1.165, 1.54) is 6.20 Å². The van der Waals surface area contributed by atoms with Crippen molar-refractivity contribution in [3.8, 4) is 0 Å². The van der Waals surface area contributed by atoms with Gasteiger partial charge >= 0.3 is 5.97 Å².